The Labute approximate surface area is 113 Å². The average Bonchev–Trinajstić information content (AvgIpc) is 2.38. The summed E-state index contributed by atoms with van der Waals surface area (Å²) < 4.78 is 0. The van der Waals surface area contributed by atoms with E-state index in [0.29, 0.717) is 5.75 Å². The number of hydrogen-bond donors (Lipinski definition) is 2. The number of rotatable bonds is 5. The van der Waals surface area contributed by atoms with Crippen molar-refractivity contribution in [2.75, 3.05) is 5.75 Å². The van der Waals surface area contributed by atoms with Crippen LogP contribution in [0, 0.1) is 10.1 Å². The topological polar surface area (TPSA) is 114 Å². The van der Waals surface area contributed by atoms with Crippen molar-refractivity contribution in [1.29, 1.82) is 0 Å². The van der Waals surface area contributed by atoms with Crippen LogP contribution in [0.3, 0.4) is 0 Å². The van der Waals surface area contributed by atoms with Gasteiger partial charge in [0.1, 0.15) is 5.75 Å². The van der Waals surface area contributed by atoms with E-state index in [4.69, 9.17) is 5.73 Å². The summed E-state index contributed by atoms with van der Waals surface area (Å²) >= 11 is 1.25. The highest BCUT2D eigenvalue weighted by molar-refractivity contribution is 8.13. The van der Waals surface area contributed by atoms with Crippen LogP contribution >= 0.6 is 11.8 Å². The van der Waals surface area contributed by atoms with E-state index in [9.17, 15) is 15.2 Å². The van der Waals surface area contributed by atoms with Crippen LogP contribution in [0.2, 0.25) is 0 Å². The lowest BCUT2D eigenvalue weighted by atomic mass is 10.2. The van der Waals surface area contributed by atoms with Crippen molar-refractivity contribution < 1.29 is 10.0 Å². The van der Waals surface area contributed by atoms with Crippen molar-refractivity contribution in [3.63, 3.8) is 0 Å². The van der Waals surface area contributed by atoms with Crippen molar-refractivity contribution in [2.45, 2.75) is 0 Å². The van der Waals surface area contributed by atoms with Gasteiger partial charge in [-0.15, -0.1) is 11.7 Å². The highest BCUT2D eigenvalue weighted by Gasteiger charge is 2.08. The molecule has 0 atom stereocenters. The van der Waals surface area contributed by atoms with Crippen LogP contribution in [0.25, 0.3) is 0 Å². The van der Waals surface area contributed by atoms with Crippen LogP contribution in [0.1, 0.15) is 5.56 Å². The molecule has 0 fully saturated rings. The largest absolute Gasteiger partial charge is 0.507 e. The third-order valence-electron chi connectivity index (χ3n) is 1.92. The van der Waals surface area contributed by atoms with E-state index in [0.717, 1.165) is 0 Å². The highest BCUT2D eigenvalue weighted by Crippen LogP contribution is 2.21. The molecule has 0 amide bonds. The van der Waals surface area contributed by atoms with Crippen LogP contribution in [0.5, 0.6) is 5.75 Å². The number of nitro groups is 1. The van der Waals surface area contributed by atoms with Gasteiger partial charge in [0.15, 0.2) is 5.17 Å². The lowest BCUT2D eigenvalue weighted by Crippen LogP contribution is -2.05. The van der Waals surface area contributed by atoms with E-state index in [-0.39, 0.29) is 22.2 Å². The molecule has 0 heterocycles. The minimum Gasteiger partial charge on any atom is -0.507 e. The van der Waals surface area contributed by atoms with Crippen molar-refractivity contribution in [1.82, 2.24) is 0 Å². The van der Waals surface area contributed by atoms with Gasteiger partial charge in [0.25, 0.3) is 5.69 Å². The fourth-order valence-electron chi connectivity index (χ4n) is 1.08. The van der Waals surface area contributed by atoms with Gasteiger partial charge in [-0.3, -0.25) is 10.1 Å². The van der Waals surface area contributed by atoms with Gasteiger partial charge in [0, 0.05) is 23.4 Å². The molecule has 0 bridgehead atoms. The summed E-state index contributed by atoms with van der Waals surface area (Å²) in [5.74, 6) is 0.481. The van der Waals surface area contributed by atoms with Crippen molar-refractivity contribution in [3.8, 4) is 5.75 Å². The molecular formula is C11H12N4O3S. The number of hydrogen-bond acceptors (Lipinski definition) is 6. The lowest BCUT2D eigenvalue weighted by Gasteiger charge is -1.97. The normalized spacial score (nSPS) is 11.7. The second-order valence-corrected chi connectivity index (χ2v) is 4.32. The summed E-state index contributed by atoms with van der Waals surface area (Å²) in [6.45, 7) is 3.53. The van der Waals surface area contributed by atoms with E-state index < -0.39 is 4.92 Å². The molecule has 0 aromatic heterocycles. The van der Waals surface area contributed by atoms with Gasteiger partial charge in [-0.25, -0.2) is 0 Å². The number of phenolic OH excluding ortho intramolecular Hbond substituents is 1. The Morgan fingerprint density at radius 1 is 1.63 bits per heavy atom. The molecule has 7 nitrogen and oxygen atoms in total. The zero-order chi connectivity index (χ0) is 14.3. The predicted octanol–water partition coefficient (Wildman–Crippen LogP) is 1.87. The van der Waals surface area contributed by atoms with Crippen molar-refractivity contribution in [3.05, 3.63) is 46.5 Å². The molecule has 0 unspecified atom stereocenters. The Balaban J connectivity index is 2.83. The number of thioether (sulfide) groups is 1. The maximum Gasteiger partial charge on any atom is 0.270 e. The molecule has 0 spiro atoms. The third-order valence-corrected chi connectivity index (χ3v) is 2.70. The first-order valence-corrected chi connectivity index (χ1v) is 6.10. The maximum atomic E-state index is 10.6. The van der Waals surface area contributed by atoms with Gasteiger partial charge in [0.05, 0.1) is 11.1 Å². The molecule has 3 N–H and O–H groups in total. The first-order valence-electron chi connectivity index (χ1n) is 5.12. The molecule has 1 rings (SSSR count). The molecule has 19 heavy (non-hydrogen) atoms. The molecule has 0 saturated carbocycles. The van der Waals surface area contributed by atoms with E-state index in [1.165, 1.54) is 36.2 Å². The van der Waals surface area contributed by atoms with Gasteiger partial charge < -0.3 is 10.8 Å². The number of phenols is 1. The van der Waals surface area contributed by atoms with Crippen LogP contribution in [0.4, 0.5) is 5.69 Å². The zero-order valence-corrected chi connectivity index (χ0v) is 10.7. The highest BCUT2D eigenvalue weighted by atomic mass is 32.2. The lowest BCUT2D eigenvalue weighted by molar-refractivity contribution is -0.384. The molecular weight excluding hydrogens is 268 g/mol. The van der Waals surface area contributed by atoms with Crippen molar-refractivity contribution in [2.24, 2.45) is 15.9 Å². The Morgan fingerprint density at radius 2 is 2.37 bits per heavy atom. The standard InChI is InChI=1S/C11H12N4O3S/c1-2-5-19-11(12)14-13-7-8-6-9(15(17)18)3-4-10(8)16/h2-4,6-7,16H,1,5H2,(H2,12,14)/b13-7-. The zero-order valence-electron chi connectivity index (χ0n) is 9.89. The molecule has 1 aromatic carbocycles. The Hall–Kier alpha value is -2.35. The summed E-state index contributed by atoms with van der Waals surface area (Å²) in [6, 6.07) is 3.62. The molecule has 0 saturated heterocycles. The number of nitrogens with zero attached hydrogens (tertiary/aromatic N) is 3. The number of benzene rings is 1. The molecule has 1 aromatic rings. The number of amidine groups is 1. The van der Waals surface area contributed by atoms with E-state index >= 15 is 0 Å². The third kappa shape index (κ3) is 4.80. The van der Waals surface area contributed by atoms with Gasteiger partial charge >= 0.3 is 0 Å². The summed E-state index contributed by atoms with van der Waals surface area (Å²) in [4.78, 5) is 10.0. The maximum absolute atomic E-state index is 10.6. The quantitative estimate of drug-likeness (QED) is 0.281. The first-order chi connectivity index (χ1) is 9.04. The van der Waals surface area contributed by atoms with E-state index in [2.05, 4.69) is 16.8 Å². The molecule has 0 aliphatic rings. The smallest absolute Gasteiger partial charge is 0.270 e. The second-order valence-electron chi connectivity index (χ2n) is 3.28. The molecule has 0 aliphatic carbocycles. The molecule has 100 valence electrons. The summed E-state index contributed by atoms with van der Waals surface area (Å²) in [5, 5.41) is 27.7. The SMILES string of the molecule is C=CCS/C(N)=N/N=C\c1cc([N+](=O)[O-])ccc1O. The van der Waals surface area contributed by atoms with Gasteiger partial charge in [-0.1, -0.05) is 17.8 Å². The second kappa shape index (κ2) is 7.17. The van der Waals surface area contributed by atoms with Gasteiger partial charge in [-0.05, 0) is 6.07 Å². The van der Waals surface area contributed by atoms with E-state index in [1.54, 1.807) is 6.08 Å². The Morgan fingerprint density at radius 3 is 3.00 bits per heavy atom. The summed E-state index contributed by atoms with van der Waals surface area (Å²) in [7, 11) is 0. The molecule has 8 heteroatoms. The minimum atomic E-state index is -0.561. The minimum absolute atomic E-state index is 0.123. The number of nitro benzene ring substituents is 1. The monoisotopic (exact) mass is 280 g/mol. The van der Waals surface area contributed by atoms with Crippen LogP contribution in [-0.2, 0) is 0 Å². The average molecular weight is 280 g/mol. The number of non-ortho nitro benzene ring substituents is 1. The predicted molar refractivity (Wildman–Crippen MR) is 76.6 cm³/mol. The number of aromatic hydroxyl groups is 1. The van der Waals surface area contributed by atoms with Crippen LogP contribution in [0.15, 0.2) is 41.1 Å². The van der Waals surface area contributed by atoms with Gasteiger partial charge in [0.2, 0.25) is 0 Å². The summed E-state index contributed by atoms with van der Waals surface area (Å²) in [6.07, 6.45) is 2.87. The first kappa shape index (κ1) is 14.7. The van der Waals surface area contributed by atoms with Crippen LogP contribution < -0.4 is 5.73 Å². The Kier molecular flexibility index (Phi) is 5.55. The molecule has 0 aliphatic heterocycles. The summed E-state index contributed by atoms with van der Waals surface area (Å²) in [5.41, 5.74) is 5.57. The Bertz CT molecular complexity index is 543. The van der Waals surface area contributed by atoms with Crippen LogP contribution in [-0.4, -0.2) is 27.2 Å². The molecule has 0 radical (unpaired) electrons. The number of nitrogens with two attached hydrogens (primary N) is 1. The van der Waals surface area contributed by atoms with Crippen molar-refractivity contribution >= 4 is 28.8 Å². The van der Waals surface area contributed by atoms with Gasteiger partial charge in [-0.2, -0.15) is 5.10 Å². The van der Waals surface area contributed by atoms with E-state index in [1.807, 2.05) is 0 Å². The fourth-order valence-corrected chi connectivity index (χ4v) is 1.47. The fraction of sp³-hybridized carbons (Fsp3) is 0.0909.